The lowest BCUT2D eigenvalue weighted by molar-refractivity contribution is 0.548. The summed E-state index contributed by atoms with van der Waals surface area (Å²) in [5.74, 6) is -0.172. The highest BCUT2D eigenvalue weighted by molar-refractivity contribution is 6.32. The minimum absolute atomic E-state index is 0.251. The lowest BCUT2D eigenvalue weighted by Gasteiger charge is -2.31. The number of nitrogens with one attached hydrogen (secondary N) is 1. The van der Waals surface area contributed by atoms with Crippen LogP contribution in [0.5, 0.6) is 0 Å². The van der Waals surface area contributed by atoms with Gasteiger partial charge in [-0.05, 0) is 24.1 Å². The summed E-state index contributed by atoms with van der Waals surface area (Å²) >= 11 is 6.03. The minimum atomic E-state index is -0.401. The quantitative estimate of drug-likeness (QED) is 0.866. The first-order chi connectivity index (χ1) is 10.1. The highest BCUT2D eigenvalue weighted by Crippen LogP contribution is 2.33. The first-order valence-corrected chi connectivity index (χ1v) is 6.88. The molecule has 21 heavy (non-hydrogen) atoms. The third-order valence-corrected chi connectivity index (χ3v) is 3.91. The number of fused-ring (bicyclic) bond motifs is 1. The predicted molar refractivity (Wildman–Crippen MR) is 77.7 cm³/mol. The Balaban J connectivity index is 2.01. The Morgan fingerprint density at radius 1 is 1.19 bits per heavy atom. The zero-order chi connectivity index (χ0) is 15.0. The second-order valence-corrected chi connectivity index (χ2v) is 5.13. The van der Waals surface area contributed by atoms with E-state index in [0.717, 1.165) is 6.07 Å². The molecule has 110 valence electrons. The lowest BCUT2D eigenvalue weighted by atomic mass is 9.98. The van der Waals surface area contributed by atoms with Crippen LogP contribution in [0.2, 0.25) is 5.15 Å². The molecule has 0 unspecified atom stereocenters. The molecule has 7 heteroatoms. The number of aromatic nitrogens is 2. The zero-order valence-electron chi connectivity index (χ0n) is 11.3. The Labute approximate surface area is 125 Å². The monoisotopic (exact) mass is 310 g/mol. The van der Waals surface area contributed by atoms with Gasteiger partial charge in [-0.3, -0.25) is 0 Å². The maximum atomic E-state index is 13.9. The molecule has 4 nitrogen and oxygen atoms in total. The highest BCUT2D eigenvalue weighted by Gasteiger charge is 2.25. The Kier molecular flexibility index (Phi) is 3.63. The van der Waals surface area contributed by atoms with Gasteiger partial charge in [-0.25, -0.2) is 18.7 Å². The van der Waals surface area contributed by atoms with Crippen molar-refractivity contribution in [3.8, 4) is 0 Å². The van der Waals surface area contributed by atoms with Gasteiger partial charge in [-0.2, -0.15) is 0 Å². The van der Waals surface area contributed by atoms with Crippen LogP contribution in [-0.2, 0) is 13.0 Å². The van der Waals surface area contributed by atoms with Crippen molar-refractivity contribution in [3.05, 3.63) is 46.4 Å². The van der Waals surface area contributed by atoms with E-state index in [-0.39, 0.29) is 12.4 Å². The number of rotatable bonds is 2. The molecule has 0 saturated heterocycles. The van der Waals surface area contributed by atoms with Crippen molar-refractivity contribution in [2.24, 2.45) is 0 Å². The molecule has 1 aromatic carbocycles. The molecule has 0 radical (unpaired) electrons. The Morgan fingerprint density at radius 3 is 2.62 bits per heavy atom. The molecule has 1 aliphatic rings. The van der Waals surface area contributed by atoms with Crippen LogP contribution in [0.1, 0.15) is 11.1 Å². The first-order valence-electron chi connectivity index (χ1n) is 6.50. The summed E-state index contributed by atoms with van der Waals surface area (Å²) in [4.78, 5) is 9.99. The predicted octanol–water partition coefficient (Wildman–Crippen LogP) is 3.01. The summed E-state index contributed by atoms with van der Waals surface area (Å²) in [5, 5.41) is 3.24. The first kappa shape index (κ1) is 14.0. The van der Waals surface area contributed by atoms with Gasteiger partial charge in [0.1, 0.15) is 23.6 Å². The molecule has 1 aromatic heterocycles. The van der Waals surface area contributed by atoms with Gasteiger partial charge in [-0.15, -0.1) is 0 Å². The molecular weight excluding hydrogens is 298 g/mol. The number of hydrogen-bond donors (Lipinski definition) is 1. The molecule has 2 heterocycles. The molecule has 0 atom stereocenters. The molecule has 3 rings (SSSR count). The van der Waals surface area contributed by atoms with E-state index in [0.29, 0.717) is 40.8 Å². The molecule has 0 aliphatic carbocycles. The Bertz CT molecular complexity index is 693. The van der Waals surface area contributed by atoms with Crippen LogP contribution in [0, 0.1) is 11.6 Å². The fraction of sp³-hybridized carbons (Fsp3) is 0.286. The van der Waals surface area contributed by atoms with Crippen LogP contribution < -0.4 is 10.2 Å². The fourth-order valence-corrected chi connectivity index (χ4v) is 2.81. The Hall–Kier alpha value is -1.95. The van der Waals surface area contributed by atoms with E-state index in [9.17, 15) is 8.78 Å². The van der Waals surface area contributed by atoms with Crippen LogP contribution in [0.4, 0.5) is 20.3 Å². The van der Waals surface area contributed by atoms with E-state index in [4.69, 9.17) is 11.6 Å². The van der Waals surface area contributed by atoms with E-state index in [2.05, 4.69) is 15.3 Å². The number of halogens is 3. The molecule has 0 bridgehead atoms. The molecule has 0 spiro atoms. The van der Waals surface area contributed by atoms with Gasteiger partial charge >= 0.3 is 0 Å². The van der Waals surface area contributed by atoms with Crippen molar-refractivity contribution in [1.82, 2.24) is 9.97 Å². The van der Waals surface area contributed by atoms with Gasteiger partial charge in [0.2, 0.25) is 0 Å². The van der Waals surface area contributed by atoms with Crippen molar-refractivity contribution in [3.63, 3.8) is 0 Å². The van der Waals surface area contributed by atoms with Gasteiger partial charge in [0.15, 0.2) is 11.0 Å². The minimum Gasteiger partial charge on any atom is -0.383 e. The number of hydrogen-bond acceptors (Lipinski definition) is 4. The molecular formula is C14H13ClF2N4. The third-order valence-electron chi connectivity index (χ3n) is 3.63. The summed E-state index contributed by atoms with van der Waals surface area (Å²) in [6.45, 7) is 0.788. The van der Waals surface area contributed by atoms with E-state index in [1.807, 2.05) is 4.90 Å². The largest absolute Gasteiger partial charge is 0.383 e. The molecule has 1 N–H and O–H groups in total. The van der Waals surface area contributed by atoms with E-state index >= 15 is 0 Å². The van der Waals surface area contributed by atoms with Crippen molar-refractivity contribution >= 4 is 23.1 Å². The van der Waals surface area contributed by atoms with Gasteiger partial charge in [0.25, 0.3) is 0 Å². The average Bonchev–Trinajstić information content (AvgIpc) is 2.50. The summed E-state index contributed by atoms with van der Waals surface area (Å²) < 4.78 is 27.7. The summed E-state index contributed by atoms with van der Waals surface area (Å²) in [5.41, 5.74) is 1.40. The van der Waals surface area contributed by atoms with Crippen molar-refractivity contribution in [2.45, 2.75) is 13.0 Å². The SMILES string of the molecule is CNc1c(Cl)ncnc1N1CCc2c(F)ccc(F)c2C1. The van der Waals surface area contributed by atoms with Gasteiger partial charge in [0.05, 0.1) is 0 Å². The highest BCUT2D eigenvalue weighted by atomic mass is 35.5. The van der Waals surface area contributed by atoms with Crippen LogP contribution >= 0.6 is 11.6 Å². The summed E-state index contributed by atoms with van der Waals surface area (Å²) in [7, 11) is 1.71. The van der Waals surface area contributed by atoms with E-state index < -0.39 is 5.82 Å². The molecule has 0 saturated carbocycles. The summed E-state index contributed by atoms with van der Waals surface area (Å²) in [6, 6.07) is 2.33. The second kappa shape index (κ2) is 5.44. The van der Waals surface area contributed by atoms with Crippen LogP contribution in [0.25, 0.3) is 0 Å². The normalized spacial score (nSPS) is 14.0. The van der Waals surface area contributed by atoms with Gasteiger partial charge < -0.3 is 10.2 Å². The number of nitrogens with zero attached hydrogens (tertiary/aromatic N) is 3. The van der Waals surface area contributed by atoms with Crippen molar-refractivity contribution < 1.29 is 8.78 Å². The third kappa shape index (κ3) is 2.40. The van der Waals surface area contributed by atoms with E-state index in [1.54, 1.807) is 7.05 Å². The van der Waals surface area contributed by atoms with Crippen molar-refractivity contribution in [2.75, 3.05) is 23.8 Å². The number of benzene rings is 1. The average molecular weight is 311 g/mol. The standard InChI is InChI=1S/C14H13ClF2N4/c1-18-12-13(15)19-7-20-14(12)21-5-4-8-9(6-21)11(17)3-2-10(8)16/h2-3,7,18H,4-6H2,1H3. The lowest BCUT2D eigenvalue weighted by Crippen LogP contribution is -2.33. The molecule has 2 aromatic rings. The van der Waals surface area contributed by atoms with Gasteiger partial charge in [0, 0.05) is 25.7 Å². The maximum absolute atomic E-state index is 13.9. The summed E-state index contributed by atoms with van der Waals surface area (Å²) in [6.07, 6.45) is 1.78. The Morgan fingerprint density at radius 2 is 1.90 bits per heavy atom. The van der Waals surface area contributed by atoms with Crippen LogP contribution in [0.15, 0.2) is 18.5 Å². The molecule has 0 fully saturated rings. The smallest absolute Gasteiger partial charge is 0.157 e. The second-order valence-electron chi connectivity index (χ2n) is 4.77. The van der Waals surface area contributed by atoms with Gasteiger partial charge in [-0.1, -0.05) is 11.6 Å². The topological polar surface area (TPSA) is 41.1 Å². The molecule has 0 amide bonds. The van der Waals surface area contributed by atoms with Crippen LogP contribution in [-0.4, -0.2) is 23.6 Å². The van der Waals surface area contributed by atoms with Crippen molar-refractivity contribution in [1.29, 1.82) is 0 Å². The van der Waals surface area contributed by atoms with E-state index in [1.165, 1.54) is 12.4 Å². The zero-order valence-corrected chi connectivity index (χ0v) is 12.1. The maximum Gasteiger partial charge on any atom is 0.157 e. The number of anilines is 2. The fourth-order valence-electron chi connectivity index (χ4n) is 2.58. The molecule has 1 aliphatic heterocycles. The van der Waals surface area contributed by atoms with Crippen LogP contribution in [0.3, 0.4) is 0 Å².